The molecular weight excluding hydrogens is 220 g/mol. The number of aromatic nitrogens is 1. The summed E-state index contributed by atoms with van der Waals surface area (Å²) in [5.74, 6) is -1.02. The van der Waals surface area contributed by atoms with Gasteiger partial charge in [0, 0.05) is 25.5 Å². The molecule has 1 aliphatic rings. The summed E-state index contributed by atoms with van der Waals surface area (Å²) in [4.78, 5) is 14.5. The van der Waals surface area contributed by atoms with Crippen LogP contribution in [0.25, 0.3) is 0 Å². The second-order valence-electron chi connectivity index (χ2n) is 4.33. The first-order valence-electron chi connectivity index (χ1n) is 5.64. The van der Waals surface area contributed by atoms with Gasteiger partial charge in [-0.1, -0.05) is 0 Å². The Hall–Kier alpha value is -1.62. The van der Waals surface area contributed by atoms with Gasteiger partial charge in [-0.25, -0.2) is 9.78 Å². The smallest absolute Gasteiger partial charge is 0.354 e. The number of pyridine rings is 1. The Kier molecular flexibility index (Phi) is 3.28. The van der Waals surface area contributed by atoms with Crippen LogP contribution in [0.2, 0.25) is 0 Å². The molecule has 2 rings (SSSR count). The Bertz CT molecular complexity index is 410. The predicted molar refractivity (Wildman–Crippen MR) is 63.3 cm³/mol. The minimum absolute atomic E-state index is 0.0510. The normalized spacial score (nSPS) is 17.2. The average Bonchev–Trinajstić information content (AvgIpc) is 2.28. The van der Waals surface area contributed by atoms with Crippen molar-refractivity contribution in [2.45, 2.75) is 24.9 Å². The maximum Gasteiger partial charge on any atom is 0.354 e. The van der Waals surface area contributed by atoms with E-state index < -0.39 is 5.97 Å². The van der Waals surface area contributed by atoms with E-state index in [1.165, 1.54) is 18.7 Å². The number of carbonyl (C=O) groups is 1. The molecule has 0 spiro atoms. The molecule has 1 heterocycles. The number of nitrogens with one attached hydrogen (secondary N) is 1. The summed E-state index contributed by atoms with van der Waals surface area (Å²) in [5.41, 5.74) is 0.739. The summed E-state index contributed by atoms with van der Waals surface area (Å²) in [6.45, 7) is 0.701. The molecule has 5 heteroatoms. The van der Waals surface area contributed by atoms with E-state index in [1.54, 1.807) is 13.2 Å². The topological polar surface area (TPSA) is 71.5 Å². The van der Waals surface area contributed by atoms with Gasteiger partial charge in [-0.3, -0.25) is 0 Å². The van der Waals surface area contributed by atoms with E-state index in [4.69, 9.17) is 9.84 Å². The van der Waals surface area contributed by atoms with E-state index >= 15 is 0 Å². The monoisotopic (exact) mass is 236 g/mol. The quantitative estimate of drug-likeness (QED) is 0.815. The van der Waals surface area contributed by atoms with Crippen LogP contribution in [0.3, 0.4) is 0 Å². The molecule has 0 amide bonds. The number of carboxylic acids is 1. The molecule has 1 aliphatic carbocycles. The summed E-state index contributed by atoms with van der Waals surface area (Å²) >= 11 is 0. The molecule has 0 bridgehead atoms. The number of nitrogens with zero attached hydrogens (tertiary/aromatic N) is 1. The SMILES string of the molecule is COC1(CNc2ccnc(C(=O)O)c2)CCC1. The molecule has 0 saturated heterocycles. The van der Waals surface area contributed by atoms with Crippen LogP contribution in [0, 0.1) is 0 Å². The first-order valence-corrected chi connectivity index (χ1v) is 5.64. The molecule has 0 atom stereocenters. The molecule has 0 aliphatic heterocycles. The minimum atomic E-state index is -1.02. The zero-order valence-corrected chi connectivity index (χ0v) is 9.77. The van der Waals surface area contributed by atoms with Crippen LogP contribution in [0.1, 0.15) is 29.8 Å². The molecule has 92 valence electrons. The van der Waals surface area contributed by atoms with Crippen molar-refractivity contribution in [3.8, 4) is 0 Å². The van der Waals surface area contributed by atoms with E-state index in [2.05, 4.69) is 10.3 Å². The van der Waals surface area contributed by atoms with Gasteiger partial charge in [0.15, 0.2) is 0 Å². The highest BCUT2D eigenvalue weighted by molar-refractivity contribution is 5.86. The number of hydrogen-bond donors (Lipinski definition) is 2. The van der Waals surface area contributed by atoms with E-state index in [0.29, 0.717) is 6.54 Å². The highest BCUT2D eigenvalue weighted by atomic mass is 16.5. The second kappa shape index (κ2) is 4.71. The molecule has 1 saturated carbocycles. The standard InChI is InChI=1S/C12H16N2O3/c1-17-12(4-2-5-12)8-14-9-3-6-13-10(7-9)11(15)16/h3,6-7H,2,4-5,8H2,1H3,(H,13,14)(H,15,16). The van der Waals surface area contributed by atoms with Crippen molar-refractivity contribution < 1.29 is 14.6 Å². The van der Waals surface area contributed by atoms with Gasteiger partial charge in [0.2, 0.25) is 0 Å². The summed E-state index contributed by atoms with van der Waals surface area (Å²) in [6, 6.07) is 3.29. The van der Waals surface area contributed by atoms with E-state index in [0.717, 1.165) is 18.5 Å². The van der Waals surface area contributed by atoms with Crippen LogP contribution in [0.4, 0.5) is 5.69 Å². The zero-order chi connectivity index (χ0) is 12.3. The van der Waals surface area contributed by atoms with Gasteiger partial charge in [-0.15, -0.1) is 0 Å². The fourth-order valence-corrected chi connectivity index (χ4v) is 1.94. The predicted octanol–water partition coefficient (Wildman–Crippen LogP) is 1.76. The largest absolute Gasteiger partial charge is 0.477 e. The zero-order valence-electron chi connectivity index (χ0n) is 9.77. The van der Waals surface area contributed by atoms with Gasteiger partial charge < -0.3 is 15.2 Å². The Morgan fingerprint density at radius 3 is 2.94 bits per heavy atom. The molecule has 0 unspecified atom stereocenters. The highest BCUT2D eigenvalue weighted by Gasteiger charge is 2.36. The van der Waals surface area contributed by atoms with Gasteiger partial charge in [0.1, 0.15) is 5.69 Å². The van der Waals surface area contributed by atoms with E-state index in [-0.39, 0.29) is 11.3 Å². The minimum Gasteiger partial charge on any atom is -0.477 e. The third-order valence-corrected chi connectivity index (χ3v) is 3.29. The number of aromatic carboxylic acids is 1. The van der Waals surface area contributed by atoms with Gasteiger partial charge in [0.25, 0.3) is 0 Å². The molecule has 0 radical (unpaired) electrons. The van der Waals surface area contributed by atoms with Crippen LogP contribution in [-0.4, -0.2) is 35.3 Å². The molecule has 5 nitrogen and oxygen atoms in total. The number of hydrogen-bond acceptors (Lipinski definition) is 4. The van der Waals surface area contributed by atoms with Crippen molar-refractivity contribution >= 4 is 11.7 Å². The fraction of sp³-hybridized carbons (Fsp3) is 0.500. The molecule has 0 aromatic carbocycles. The fourth-order valence-electron chi connectivity index (χ4n) is 1.94. The molecular formula is C12H16N2O3. The maximum atomic E-state index is 10.8. The summed E-state index contributed by atoms with van der Waals surface area (Å²) in [7, 11) is 1.72. The number of carboxylic acid groups (broad SMARTS) is 1. The second-order valence-corrected chi connectivity index (χ2v) is 4.33. The van der Waals surface area contributed by atoms with Crippen molar-refractivity contribution in [3.05, 3.63) is 24.0 Å². The lowest BCUT2D eigenvalue weighted by molar-refractivity contribution is -0.0601. The Morgan fingerprint density at radius 1 is 1.65 bits per heavy atom. The Labute approximate surface area is 99.8 Å². The molecule has 2 N–H and O–H groups in total. The van der Waals surface area contributed by atoms with Crippen LogP contribution < -0.4 is 5.32 Å². The van der Waals surface area contributed by atoms with Crippen molar-refractivity contribution in [2.24, 2.45) is 0 Å². The first kappa shape index (κ1) is 11.9. The van der Waals surface area contributed by atoms with Crippen molar-refractivity contribution in [3.63, 3.8) is 0 Å². The molecule has 1 fully saturated rings. The Balaban J connectivity index is 1.99. The number of ether oxygens (including phenoxy) is 1. The third-order valence-electron chi connectivity index (χ3n) is 3.29. The summed E-state index contributed by atoms with van der Waals surface area (Å²) in [6.07, 6.45) is 4.78. The van der Waals surface area contributed by atoms with Gasteiger partial charge in [-0.05, 0) is 31.4 Å². The lowest BCUT2D eigenvalue weighted by atomic mass is 9.80. The third kappa shape index (κ3) is 2.55. The molecule has 1 aromatic heterocycles. The lowest BCUT2D eigenvalue weighted by Gasteiger charge is -2.40. The van der Waals surface area contributed by atoms with E-state index in [1.807, 2.05) is 0 Å². The number of anilines is 1. The van der Waals surface area contributed by atoms with Crippen molar-refractivity contribution in [1.29, 1.82) is 0 Å². The summed E-state index contributed by atoms with van der Waals surface area (Å²) in [5, 5.41) is 12.0. The van der Waals surface area contributed by atoms with Crippen LogP contribution in [-0.2, 0) is 4.74 Å². The van der Waals surface area contributed by atoms with Crippen LogP contribution in [0.5, 0.6) is 0 Å². The summed E-state index contributed by atoms with van der Waals surface area (Å²) < 4.78 is 5.48. The molecule has 17 heavy (non-hydrogen) atoms. The van der Waals surface area contributed by atoms with Crippen molar-refractivity contribution in [2.75, 3.05) is 19.0 Å². The lowest BCUT2D eigenvalue weighted by Crippen LogP contribution is -2.45. The molecule has 1 aromatic rings. The maximum absolute atomic E-state index is 10.8. The van der Waals surface area contributed by atoms with Gasteiger partial charge in [-0.2, -0.15) is 0 Å². The Morgan fingerprint density at radius 2 is 2.41 bits per heavy atom. The number of rotatable bonds is 5. The highest BCUT2D eigenvalue weighted by Crippen LogP contribution is 2.35. The first-order chi connectivity index (χ1) is 8.15. The van der Waals surface area contributed by atoms with Gasteiger partial charge >= 0.3 is 5.97 Å². The van der Waals surface area contributed by atoms with Crippen LogP contribution in [0.15, 0.2) is 18.3 Å². The van der Waals surface area contributed by atoms with Crippen LogP contribution >= 0.6 is 0 Å². The number of methoxy groups -OCH3 is 1. The average molecular weight is 236 g/mol. The van der Waals surface area contributed by atoms with E-state index in [9.17, 15) is 4.79 Å². The van der Waals surface area contributed by atoms with Crippen molar-refractivity contribution in [1.82, 2.24) is 4.98 Å². The van der Waals surface area contributed by atoms with Gasteiger partial charge in [0.05, 0.1) is 5.60 Å².